The van der Waals surface area contributed by atoms with E-state index in [4.69, 9.17) is 9.47 Å². The number of aromatic nitrogens is 2. The van der Waals surface area contributed by atoms with Gasteiger partial charge in [-0.2, -0.15) is 0 Å². The van der Waals surface area contributed by atoms with Gasteiger partial charge in [-0.3, -0.25) is 9.78 Å². The molecule has 0 bridgehead atoms. The van der Waals surface area contributed by atoms with Crippen molar-refractivity contribution in [3.05, 3.63) is 86.1 Å². The van der Waals surface area contributed by atoms with E-state index < -0.39 is 29.2 Å². The predicted molar refractivity (Wildman–Crippen MR) is 99.2 cm³/mol. The van der Waals surface area contributed by atoms with Gasteiger partial charge in [-0.05, 0) is 25.1 Å². The molecule has 3 aromatic rings. The zero-order valence-corrected chi connectivity index (χ0v) is 14.8. The Hall–Kier alpha value is -3.81. The Morgan fingerprint density at radius 1 is 1.11 bits per heavy atom. The standard InChI is InChI=1S/C20H16N2O6/c1-2-27-14-10-6-5-9-13(14)22-18(24)15(17(23)21-20(22)26)16-11-7-3-4-8-12(11)19(25)28-16/h3-10,16,24H,2H2,1H3,(H,21,23,26). The SMILES string of the molecule is CCOc1ccccc1-n1c(O)c(C2OC(=O)c3ccccc32)c(=O)[nH]c1=O. The number of aromatic amines is 1. The van der Waals surface area contributed by atoms with Gasteiger partial charge in [-0.15, -0.1) is 0 Å². The highest BCUT2D eigenvalue weighted by atomic mass is 16.5. The third-order valence-corrected chi connectivity index (χ3v) is 4.48. The van der Waals surface area contributed by atoms with Crippen LogP contribution >= 0.6 is 0 Å². The summed E-state index contributed by atoms with van der Waals surface area (Å²) in [6.07, 6.45) is -1.13. The third-order valence-electron chi connectivity index (χ3n) is 4.48. The molecule has 0 aliphatic carbocycles. The molecule has 0 saturated carbocycles. The summed E-state index contributed by atoms with van der Waals surface area (Å²) < 4.78 is 11.8. The second-order valence-electron chi connectivity index (χ2n) is 6.11. The first kappa shape index (κ1) is 17.6. The average molecular weight is 380 g/mol. The molecule has 1 aliphatic rings. The van der Waals surface area contributed by atoms with Gasteiger partial charge in [0.25, 0.3) is 5.56 Å². The van der Waals surface area contributed by atoms with Gasteiger partial charge in [0.05, 0.1) is 17.9 Å². The number of nitrogens with zero attached hydrogens (tertiary/aromatic N) is 1. The van der Waals surface area contributed by atoms with E-state index in [0.29, 0.717) is 23.5 Å². The van der Waals surface area contributed by atoms with Crippen molar-refractivity contribution in [2.45, 2.75) is 13.0 Å². The first-order valence-corrected chi connectivity index (χ1v) is 8.63. The summed E-state index contributed by atoms with van der Waals surface area (Å²) in [5.74, 6) is -0.869. The molecule has 8 nitrogen and oxygen atoms in total. The van der Waals surface area contributed by atoms with Gasteiger partial charge in [0.15, 0.2) is 6.10 Å². The number of carbonyl (C=O) groups excluding carboxylic acids is 1. The van der Waals surface area contributed by atoms with E-state index >= 15 is 0 Å². The van der Waals surface area contributed by atoms with Gasteiger partial charge in [0.2, 0.25) is 5.88 Å². The van der Waals surface area contributed by atoms with E-state index in [1.807, 2.05) is 0 Å². The lowest BCUT2D eigenvalue weighted by Gasteiger charge is -2.17. The minimum atomic E-state index is -1.13. The average Bonchev–Trinajstić information content (AvgIpc) is 3.00. The maximum atomic E-state index is 12.5. The fourth-order valence-electron chi connectivity index (χ4n) is 3.28. The van der Waals surface area contributed by atoms with E-state index in [-0.39, 0.29) is 11.3 Å². The molecule has 2 N–H and O–H groups in total. The van der Waals surface area contributed by atoms with Gasteiger partial charge in [-0.25, -0.2) is 14.2 Å². The van der Waals surface area contributed by atoms with Crippen molar-refractivity contribution in [3.63, 3.8) is 0 Å². The Balaban J connectivity index is 1.96. The minimum Gasteiger partial charge on any atom is -0.494 e. The molecule has 0 spiro atoms. The first-order valence-electron chi connectivity index (χ1n) is 8.63. The molecule has 1 aromatic heterocycles. The minimum absolute atomic E-state index is 0.232. The maximum absolute atomic E-state index is 12.5. The molecular formula is C20H16N2O6. The van der Waals surface area contributed by atoms with Crippen LogP contribution in [-0.4, -0.2) is 27.2 Å². The number of H-pyrrole nitrogens is 1. The largest absolute Gasteiger partial charge is 0.494 e. The highest BCUT2D eigenvalue weighted by Gasteiger charge is 2.36. The Labute approximate surface area is 158 Å². The molecular weight excluding hydrogens is 364 g/mol. The van der Waals surface area contributed by atoms with Crippen LogP contribution in [0.3, 0.4) is 0 Å². The number of nitrogens with one attached hydrogen (secondary N) is 1. The molecule has 142 valence electrons. The monoisotopic (exact) mass is 380 g/mol. The molecule has 8 heteroatoms. The highest BCUT2D eigenvalue weighted by Crippen LogP contribution is 2.38. The number of hydrogen-bond donors (Lipinski definition) is 2. The number of benzene rings is 2. The number of hydrogen-bond acceptors (Lipinski definition) is 6. The molecule has 0 amide bonds. The summed E-state index contributed by atoms with van der Waals surface area (Å²) in [6, 6.07) is 13.2. The van der Waals surface area contributed by atoms with Gasteiger partial charge in [0.1, 0.15) is 11.3 Å². The number of para-hydroxylation sites is 2. The molecule has 28 heavy (non-hydrogen) atoms. The van der Waals surface area contributed by atoms with E-state index in [1.54, 1.807) is 55.5 Å². The van der Waals surface area contributed by atoms with Gasteiger partial charge in [-0.1, -0.05) is 30.3 Å². The lowest BCUT2D eigenvalue weighted by Crippen LogP contribution is -2.33. The summed E-state index contributed by atoms with van der Waals surface area (Å²) in [5, 5.41) is 10.9. The topological polar surface area (TPSA) is 111 Å². The molecule has 0 radical (unpaired) electrons. The smallest absolute Gasteiger partial charge is 0.339 e. The quantitative estimate of drug-likeness (QED) is 0.669. The summed E-state index contributed by atoms with van der Waals surface area (Å²) in [4.78, 5) is 39.3. The van der Waals surface area contributed by atoms with E-state index in [0.717, 1.165) is 4.57 Å². The molecule has 4 rings (SSSR count). The third kappa shape index (κ3) is 2.66. The first-order chi connectivity index (χ1) is 13.5. The highest BCUT2D eigenvalue weighted by molar-refractivity contribution is 5.94. The summed E-state index contributed by atoms with van der Waals surface area (Å²) in [5.41, 5.74) is -0.903. The number of cyclic esters (lactones) is 1. The summed E-state index contributed by atoms with van der Waals surface area (Å²) in [6.45, 7) is 2.13. The van der Waals surface area contributed by atoms with Crippen LogP contribution in [0.4, 0.5) is 0 Å². The number of fused-ring (bicyclic) bond motifs is 1. The molecule has 2 heterocycles. The van der Waals surface area contributed by atoms with Crippen molar-refractivity contribution in [1.29, 1.82) is 0 Å². The van der Waals surface area contributed by atoms with Crippen LogP contribution < -0.4 is 16.0 Å². The van der Waals surface area contributed by atoms with E-state index in [1.165, 1.54) is 0 Å². The normalized spacial score (nSPS) is 15.2. The Bertz CT molecular complexity index is 1190. The van der Waals surface area contributed by atoms with Crippen LogP contribution in [0.2, 0.25) is 0 Å². The number of aromatic hydroxyl groups is 1. The molecule has 1 aliphatic heterocycles. The summed E-state index contributed by atoms with van der Waals surface area (Å²) >= 11 is 0. The van der Waals surface area contributed by atoms with E-state index in [2.05, 4.69) is 4.98 Å². The van der Waals surface area contributed by atoms with Crippen LogP contribution in [-0.2, 0) is 4.74 Å². The van der Waals surface area contributed by atoms with Crippen molar-refractivity contribution in [3.8, 4) is 17.3 Å². The predicted octanol–water partition coefficient (Wildman–Crippen LogP) is 1.89. The fourth-order valence-corrected chi connectivity index (χ4v) is 3.28. The fraction of sp³-hybridized carbons (Fsp3) is 0.150. The lowest BCUT2D eigenvalue weighted by molar-refractivity contribution is 0.0449. The van der Waals surface area contributed by atoms with Crippen LogP contribution in [0.15, 0.2) is 58.1 Å². The van der Waals surface area contributed by atoms with Crippen molar-refractivity contribution in [2.75, 3.05) is 6.61 Å². The summed E-state index contributed by atoms with van der Waals surface area (Å²) in [7, 11) is 0. The number of ether oxygens (including phenoxy) is 2. The van der Waals surface area contributed by atoms with Crippen LogP contribution in [0.25, 0.3) is 5.69 Å². The van der Waals surface area contributed by atoms with E-state index in [9.17, 15) is 19.5 Å². The number of carbonyl (C=O) groups is 1. The van der Waals surface area contributed by atoms with Crippen molar-refractivity contribution >= 4 is 5.97 Å². The zero-order valence-electron chi connectivity index (χ0n) is 14.8. The molecule has 0 fully saturated rings. The molecule has 2 aromatic carbocycles. The van der Waals surface area contributed by atoms with Gasteiger partial charge in [0, 0.05) is 5.56 Å². The van der Waals surface area contributed by atoms with Crippen molar-refractivity contribution in [2.24, 2.45) is 0 Å². The van der Waals surface area contributed by atoms with Crippen LogP contribution in [0, 0.1) is 0 Å². The van der Waals surface area contributed by atoms with Gasteiger partial charge < -0.3 is 14.6 Å². The van der Waals surface area contributed by atoms with Crippen molar-refractivity contribution < 1.29 is 19.4 Å². The second-order valence-corrected chi connectivity index (χ2v) is 6.11. The van der Waals surface area contributed by atoms with Crippen LogP contribution in [0.5, 0.6) is 11.6 Å². The Kier molecular flexibility index (Phi) is 4.23. The lowest BCUT2D eigenvalue weighted by atomic mass is 10.0. The number of rotatable bonds is 4. The molecule has 1 unspecified atom stereocenters. The second kappa shape index (κ2) is 6.73. The zero-order chi connectivity index (χ0) is 19.8. The van der Waals surface area contributed by atoms with Crippen molar-refractivity contribution in [1.82, 2.24) is 9.55 Å². The number of esters is 1. The molecule has 1 atom stereocenters. The Morgan fingerprint density at radius 2 is 1.82 bits per heavy atom. The molecule has 0 saturated heterocycles. The van der Waals surface area contributed by atoms with Gasteiger partial charge >= 0.3 is 11.7 Å². The maximum Gasteiger partial charge on any atom is 0.339 e. The Morgan fingerprint density at radius 3 is 2.61 bits per heavy atom. The van der Waals surface area contributed by atoms with Crippen LogP contribution in [0.1, 0.15) is 34.5 Å².